The topological polar surface area (TPSA) is 12.9 Å². The van der Waals surface area contributed by atoms with Gasteiger partial charge < -0.3 is 0 Å². The minimum absolute atomic E-state index is 0.868. The molecule has 0 amide bonds. The van der Waals surface area contributed by atoms with E-state index in [9.17, 15) is 0 Å². The third kappa shape index (κ3) is 4.53. The highest BCUT2D eigenvalue weighted by Gasteiger charge is 1.88. The normalized spacial score (nSPS) is 8.36. The minimum Gasteiger partial charge on any atom is -0.249 e. The van der Waals surface area contributed by atoms with Crippen molar-refractivity contribution in [3.63, 3.8) is 0 Å². The van der Waals surface area contributed by atoms with Crippen LogP contribution in [0.2, 0.25) is 0 Å². The van der Waals surface area contributed by atoms with Crippen molar-refractivity contribution in [2.24, 2.45) is 0 Å². The van der Waals surface area contributed by atoms with Gasteiger partial charge in [0.05, 0.1) is 0 Å². The van der Waals surface area contributed by atoms with Crippen LogP contribution in [-0.4, -0.2) is 4.98 Å². The summed E-state index contributed by atoms with van der Waals surface area (Å²) in [4.78, 5) is 4.04. The number of halogens is 2. The largest absolute Gasteiger partial charge is 0.249 e. The smallest absolute Gasteiger partial charge is 0.106 e. The molecule has 1 rings (SSSR count). The average Bonchev–Trinajstić information content (AvgIpc) is 2.10. The van der Waals surface area contributed by atoms with Crippen molar-refractivity contribution >= 4 is 31.9 Å². The van der Waals surface area contributed by atoms with Crippen LogP contribution in [0.25, 0.3) is 0 Å². The van der Waals surface area contributed by atoms with Gasteiger partial charge in [-0.2, -0.15) is 0 Å². The van der Waals surface area contributed by atoms with Crippen molar-refractivity contribution in [2.45, 2.75) is 19.2 Å². The fraction of sp³-hybridized carbons (Fsp3) is 0.375. The molecule has 0 unspecified atom stereocenters. The lowest BCUT2D eigenvalue weighted by Gasteiger charge is -1.91. The van der Waals surface area contributed by atoms with Crippen LogP contribution in [0.15, 0.2) is 22.9 Å². The first kappa shape index (κ1) is 11.1. The molecular formula is C8H11Br2N. The molecule has 0 aliphatic carbocycles. The zero-order valence-electron chi connectivity index (χ0n) is 6.64. The van der Waals surface area contributed by atoms with Gasteiger partial charge in [-0.25, -0.2) is 4.98 Å². The molecule has 1 aromatic heterocycles. The Labute approximate surface area is 84.5 Å². The molecule has 0 radical (unpaired) electrons. The van der Waals surface area contributed by atoms with E-state index in [1.165, 1.54) is 5.56 Å². The van der Waals surface area contributed by atoms with E-state index < -0.39 is 0 Å². The molecule has 0 saturated heterocycles. The summed E-state index contributed by atoms with van der Waals surface area (Å²) >= 11 is 6.57. The molecule has 0 bridgehead atoms. The van der Waals surface area contributed by atoms with Crippen molar-refractivity contribution < 1.29 is 0 Å². The molecular weight excluding hydrogens is 270 g/mol. The summed E-state index contributed by atoms with van der Waals surface area (Å²) in [6.07, 6.45) is 1.83. The highest BCUT2D eigenvalue weighted by Crippen LogP contribution is 2.08. The molecule has 0 aliphatic heterocycles. The number of hydrogen-bond acceptors (Lipinski definition) is 1. The zero-order chi connectivity index (χ0) is 8.69. The Morgan fingerprint density at radius 1 is 1.36 bits per heavy atom. The van der Waals surface area contributed by atoms with E-state index in [4.69, 9.17) is 0 Å². The Morgan fingerprint density at radius 3 is 2.36 bits per heavy atom. The predicted octanol–water partition coefficient (Wildman–Crippen LogP) is 3.77. The molecule has 1 nitrogen and oxygen atoms in total. The summed E-state index contributed by atoms with van der Waals surface area (Å²) < 4.78 is 0.882. The monoisotopic (exact) mass is 279 g/mol. The summed E-state index contributed by atoms with van der Waals surface area (Å²) in [7, 11) is 0. The van der Waals surface area contributed by atoms with Gasteiger partial charge in [-0.1, -0.05) is 35.8 Å². The maximum absolute atomic E-state index is 4.04. The zero-order valence-corrected chi connectivity index (χ0v) is 9.81. The van der Waals surface area contributed by atoms with Gasteiger partial charge in [-0.05, 0) is 27.6 Å². The molecule has 1 heterocycles. The lowest BCUT2D eigenvalue weighted by Crippen LogP contribution is -1.78. The van der Waals surface area contributed by atoms with Crippen molar-refractivity contribution in [2.75, 3.05) is 0 Å². The highest BCUT2D eigenvalue weighted by atomic mass is 79.9. The maximum atomic E-state index is 4.04. The number of hydrogen-bond donors (Lipinski definition) is 0. The number of aromatic nitrogens is 1. The number of alkyl halides is 1. The first-order valence-corrected chi connectivity index (χ1v) is 5.41. The SMILES string of the molecule is BrCc1ccc(Br)nc1.CC. The van der Waals surface area contributed by atoms with Gasteiger partial charge in [0.15, 0.2) is 0 Å². The van der Waals surface area contributed by atoms with Crippen molar-refractivity contribution in [1.82, 2.24) is 4.98 Å². The van der Waals surface area contributed by atoms with Crippen LogP contribution in [-0.2, 0) is 5.33 Å². The van der Waals surface area contributed by atoms with Crippen LogP contribution in [0.1, 0.15) is 19.4 Å². The fourth-order valence-electron chi connectivity index (χ4n) is 0.485. The Balaban J connectivity index is 0.000000461. The van der Waals surface area contributed by atoms with Crippen molar-refractivity contribution in [1.29, 1.82) is 0 Å². The Hall–Kier alpha value is 0.110. The molecule has 0 spiro atoms. The number of nitrogens with zero attached hydrogens (tertiary/aromatic N) is 1. The Bertz CT molecular complexity index is 184. The van der Waals surface area contributed by atoms with Crippen LogP contribution in [0.5, 0.6) is 0 Å². The van der Waals surface area contributed by atoms with Crippen LogP contribution in [0.4, 0.5) is 0 Å². The summed E-state index contributed by atoms with van der Waals surface area (Å²) in [5.74, 6) is 0. The molecule has 0 saturated carbocycles. The molecule has 0 aromatic carbocycles. The van der Waals surface area contributed by atoms with Gasteiger partial charge in [-0.3, -0.25) is 0 Å². The second kappa shape index (κ2) is 6.80. The van der Waals surface area contributed by atoms with E-state index in [0.717, 1.165) is 9.93 Å². The predicted molar refractivity (Wildman–Crippen MR) is 55.9 cm³/mol. The molecule has 0 atom stereocenters. The second-order valence-electron chi connectivity index (χ2n) is 1.62. The number of rotatable bonds is 1. The standard InChI is InChI=1S/C6H5Br2N.C2H6/c7-3-5-1-2-6(8)9-4-5;1-2/h1-2,4H,3H2;1-2H3. The van der Waals surface area contributed by atoms with Crippen LogP contribution in [0, 0.1) is 0 Å². The Kier molecular flexibility index (Phi) is 6.87. The van der Waals surface area contributed by atoms with Crippen LogP contribution < -0.4 is 0 Å². The third-order valence-corrected chi connectivity index (χ3v) is 2.06. The van der Waals surface area contributed by atoms with Crippen LogP contribution >= 0.6 is 31.9 Å². The molecule has 3 heteroatoms. The summed E-state index contributed by atoms with van der Waals surface area (Å²) in [5.41, 5.74) is 1.19. The van der Waals surface area contributed by atoms with Gasteiger partial charge in [0.1, 0.15) is 4.60 Å². The van der Waals surface area contributed by atoms with Crippen molar-refractivity contribution in [3.8, 4) is 0 Å². The van der Waals surface area contributed by atoms with E-state index in [1.54, 1.807) is 0 Å². The van der Waals surface area contributed by atoms with E-state index in [2.05, 4.69) is 36.8 Å². The molecule has 11 heavy (non-hydrogen) atoms. The van der Waals surface area contributed by atoms with E-state index in [-0.39, 0.29) is 0 Å². The van der Waals surface area contributed by atoms with Gasteiger partial charge >= 0.3 is 0 Å². The van der Waals surface area contributed by atoms with Crippen molar-refractivity contribution in [3.05, 3.63) is 28.5 Å². The van der Waals surface area contributed by atoms with Gasteiger partial charge in [0.2, 0.25) is 0 Å². The average molecular weight is 281 g/mol. The quantitative estimate of drug-likeness (QED) is 0.564. The van der Waals surface area contributed by atoms with E-state index >= 15 is 0 Å². The molecule has 1 aromatic rings. The maximum Gasteiger partial charge on any atom is 0.106 e. The lowest BCUT2D eigenvalue weighted by atomic mass is 10.3. The second-order valence-corrected chi connectivity index (χ2v) is 3.00. The first-order valence-electron chi connectivity index (χ1n) is 3.49. The summed E-state index contributed by atoms with van der Waals surface area (Å²) in [5, 5.41) is 0.868. The molecule has 62 valence electrons. The summed E-state index contributed by atoms with van der Waals surface area (Å²) in [6, 6.07) is 3.95. The molecule has 0 fully saturated rings. The highest BCUT2D eigenvalue weighted by molar-refractivity contribution is 9.10. The number of pyridine rings is 1. The summed E-state index contributed by atoms with van der Waals surface area (Å²) in [6.45, 7) is 4.00. The van der Waals surface area contributed by atoms with E-state index in [0.29, 0.717) is 0 Å². The van der Waals surface area contributed by atoms with E-state index in [1.807, 2.05) is 32.2 Å². The van der Waals surface area contributed by atoms with Gasteiger partial charge in [0.25, 0.3) is 0 Å². The van der Waals surface area contributed by atoms with Crippen LogP contribution in [0.3, 0.4) is 0 Å². The van der Waals surface area contributed by atoms with Gasteiger partial charge in [-0.15, -0.1) is 0 Å². The van der Waals surface area contributed by atoms with Gasteiger partial charge in [0, 0.05) is 11.5 Å². The molecule has 0 N–H and O–H groups in total. The third-order valence-electron chi connectivity index (χ3n) is 0.943. The lowest BCUT2D eigenvalue weighted by molar-refractivity contribution is 1.22. The fourth-order valence-corrected chi connectivity index (χ4v) is 1.05. The Morgan fingerprint density at radius 2 is 2.00 bits per heavy atom. The minimum atomic E-state index is 0.868. The first-order chi connectivity index (χ1) is 5.33. The molecule has 0 aliphatic rings.